The van der Waals surface area contributed by atoms with Crippen molar-refractivity contribution in [3.8, 4) is 0 Å². The highest BCUT2D eigenvalue weighted by molar-refractivity contribution is 9.10. The van der Waals surface area contributed by atoms with Gasteiger partial charge in [-0.05, 0) is 31.5 Å². The summed E-state index contributed by atoms with van der Waals surface area (Å²) in [5.41, 5.74) is 6.47. The Morgan fingerprint density at radius 1 is 1.44 bits per heavy atom. The monoisotopic (exact) mass is 526 g/mol. The number of carbonyl (C=O) groups is 1. The number of ether oxygens (including phenoxy) is 1. The summed E-state index contributed by atoms with van der Waals surface area (Å²) in [5, 5.41) is 2.77. The van der Waals surface area contributed by atoms with Crippen molar-refractivity contribution in [2.45, 2.75) is 33.0 Å². The number of hydrogen-bond donors (Lipinski definition) is 3. The Balaban J connectivity index is 1.63. The van der Waals surface area contributed by atoms with E-state index in [1.54, 1.807) is 11.5 Å². The quantitative estimate of drug-likeness (QED) is 0.252. The topological polar surface area (TPSA) is 154 Å². The predicted molar refractivity (Wildman–Crippen MR) is 123 cm³/mol. The van der Waals surface area contributed by atoms with E-state index < -0.39 is 19.1 Å². The van der Waals surface area contributed by atoms with Crippen LogP contribution in [-0.2, 0) is 31.8 Å². The third-order valence-electron chi connectivity index (χ3n) is 4.56. The number of fused-ring (bicyclic) bond motifs is 1. The van der Waals surface area contributed by atoms with Crippen LogP contribution in [0.3, 0.4) is 0 Å². The molecule has 4 N–H and O–H groups in total. The second-order valence-electron chi connectivity index (χ2n) is 7.14. The molecule has 0 saturated carbocycles. The number of aromatic nitrogens is 4. The molecule has 2 atom stereocenters. The lowest BCUT2D eigenvalue weighted by Crippen LogP contribution is -2.32. The van der Waals surface area contributed by atoms with Gasteiger partial charge in [0.2, 0.25) is 5.95 Å². The molecule has 2 heterocycles. The van der Waals surface area contributed by atoms with E-state index in [9.17, 15) is 14.2 Å². The Bertz CT molecular complexity index is 1210. The second-order valence-corrected chi connectivity index (χ2v) is 10.2. The van der Waals surface area contributed by atoms with E-state index in [0.717, 1.165) is 10.0 Å². The Morgan fingerprint density at radius 2 is 2.22 bits per heavy atom. The fraction of sp³-hybridized carbons (Fsp3) is 0.368. The number of rotatable bonds is 11. The zero-order chi connectivity index (χ0) is 23.3. The first-order valence-electron chi connectivity index (χ1n) is 9.71. The van der Waals surface area contributed by atoms with Crippen molar-refractivity contribution in [2.24, 2.45) is 0 Å². The molecular formula is C19H24BrN6O5P. The van der Waals surface area contributed by atoms with Gasteiger partial charge in [0.05, 0.1) is 25.6 Å². The smallest absolute Gasteiger partial charge is 0.295 e. The van der Waals surface area contributed by atoms with Gasteiger partial charge in [0.25, 0.3) is 13.1 Å². The lowest BCUT2D eigenvalue weighted by molar-refractivity contribution is -0.118. The molecule has 13 heteroatoms. The highest BCUT2D eigenvalue weighted by Gasteiger charge is 2.27. The number of carbonyl (C=O) groups excluding carboxylic acids is 1. The average molecular weight is 527 g/mol. The van der Waals surface area contributed by atoms with Gasteiger partial charge < -0.3 is 19.6 Å². The van der Waals surface area contributed by atoms with Gasteiger partial charge in [-0.15, -0.1) is 0 Å². The molecule has 1 unspecified atom stereocenters. The highest BCUT2D eigenvalue weighted by atomic mass is 79.9. The molecule has 0 aliphatic carbocycles. The van der Waals surface area contributed by atoms with Gasteiger partial charge in [-0.2, -0.15) is 4.98 Å². The SMILES string of the molecule is CC(=O)[C@@H](C)NP(=O)(COCCn1cnc2c(=O)[nH]c(N)nc21)OCc1cccc(Br)c1. The summed E-state index contributed by atoms with van der Waals surface area (Å²) in [4.78, 5) is 34.0. The lowest BCUT2D eigenvalue weighted by Gasteiger charge is -2.22. The summed E-state index contributed by atoms with van der Waals surface area (Å²) in [6.07, 6.45) is 1.20. The maximum atomic E-state index is 13.3. The van der Waals surface area contributed by atoms with Gasteiger partial charge in [0.1, 0.15) is 12.1 Å². The summed E-state index contributed by atoms with van der Waals surface area (Å²) in [6.45, 7) is 3.53. The van der Waals surface area contributed by atoms with Crippen LogP contribution in [0.2, 0.25) is 0 Å². The molecule has 0 fully saturated rings. The molecule has 0 radical (unpaired) electrons. The number of anilines is 1. The van der Waals surface area contributed by atoms with Crippen molar-refractivity contribution in [1.82, 2.24) is 24.6 Å². The maximum absolute atomic E-state index is 13.3. The van der Waals surface area contributed by atoms with E-state index in [0.29, 0.717) is 12.2 Å². The van der Waals surface area contributed by atoms with Crippen LogP contribution >= 0.6 is 23.4 Å². The minimum absolute atomic E-state index is 0.0157. The molecule has 0 aliphatic rings. The number of benzene rings is 1. The molecule has 0 bridgehead atoms. The number of nitrogens with two attached hydrogens (primary N) is 1. The molecule has 3 aromatic rings. The van der Waals surface area contributed by atoms with Crippen molar-refractivity contribution in [1.29, 1.82) is 0 Å². The van der Waals surface area contributed by atoms with Crippen LogP contribution < -0.4 is 16.4 Å². The van der Waals surface area contributed by atoms with Gasteiger partial charge in [0, 0.05) is 11.0 Å². The molecule has 32 heavy (non-hydrogen) atoms. The number of nitrogens with zero attached hydrogens (tertiary/aromatic N) is 3. The minimum Gasteiger partial charge on any atom is -0.369 e. The molecule has 0 amide bonds. The van der Waals surface area contributed by atoms with Gasteiger partial charge in [-0.1, -0.05) is 28.1 Å². The number of nitrogens with one attached hydrogen (secondary N) is 2. The first kappa shape index (κ1) is 24.3. The maximum Gasteiger partial charge on any atom is 0.295 e. The molecule has 0 spiro atoms. The van der Waals surface area contributed by atoms with Gasteiger partial charge in [-0.3, -0.25) is 19.1 Å². The van der Waals surface area contributed by atoms with Crippen LogP contribution in [-0.4, -0.2) is 44.3 Å². The minimum atomic E-state index is -3.50. The van der Waals surface area contributed by atoms with E-state index in [2.05, 4.69) is 36.0 Å². The van der Waals surface area contributed by atoms with Crippen LogP contribution in [0.4, 0.5) is 5.95 Å². The van der Waals surface area contributed by atoms with Gasteiger partial charge in [0.15, 0.2) is 11.2 Å². The normalized spacial score (nSPS) is 14.3. The van der Waals surface area contributed by atoms with E-state index in [1.165, 1.54) is 13.3 Å². The van der Waals surface area contributed by atoms with E-state index in [-0.39, 0.29) is 36.8 Å². The van der Waals surface area contributed by atoms with Crippen LogP contribution in [0, 0.1) is 0 Å². The molecular weight excluding hydrogens is 503 g/mol. The summed E-state index contributed by atoms with van der Waals surface area (Å²) >= 11 is 3.39. The Labute approximate surface area is 192 Å². The van der Waals surface area contributed by atoms with Crippen LogP contribution in [0.25, 0.3) is 11.2 Å². The van der Waals surface area contributed by atoms with Gasteiger partial charge >= 0.3 is 0 Å². The Morgan fingerprint density at radius 3 is 2.94 bits per heavy atom. The fourth-order valence-electron chi connectivity index (χ4n) is 2.79. The van der Waals surface area contributed by atoms with Crippen LogP contribution in [0.15, 0.2) is 39.9 Å². The Hall–Kier alpha value is -2.37. The molecule has 0 aliphatic heterocycles. The summed E-state index contributed by atoms with van der Waals surface area (Å²) in [5.74, 6) is -0.187. The zero-order valence-electron chi connectivity index (χ0n) is 17.6. The summed E-state index contributed by atoms with van der Waals surface area (Å²) in [7, 11) is -3.50. The number of ketones is 1. The van der Waals surface area contributed by atoms with E-state index in [4.69, 9.17) is 15.0 Å². The largest absolute Gasteiger partial charge is 0.369 e. The van der Waals surface area contributed by atoms with Crippen molar-refractivity contribution < 1.29 is 18.6 Å². The second kappa shape index (κ2) is 10.5. The number of H-pyrrole nitrogens is 1. The third-order valence-corrected chi connectivity index (χ3v) is 6.90. The van der Waals surface area contributed by atoms with E-state index in [1.807, 2.05) is 24.3 Å². The van der Waals surface area contributed by atoms with Crippen LogP contribution in [0.5, 0.6) is 0 Å². The zero-order valence-corrected chi connectivity index (χ0v) is 20.1. The molecule has 3 rings (SSSR count). The predicted octanol–water partition coefficient (Wildman–Crippen LogP) is 2.42. The molecule has 11 nitrogen and oxygen atoms in total. The number of hydrogen-bond acceptors (Lipinski definition) is 8. The third kappa shape index (κ3) is 6.33. The number of imidazole rings is 1. The Kier molecular flexibility index (Phi) is 7.96. The molecule has 2 aromatic heterocycles. The number of halogens is 1. The van der Waals surface area contributed by atoms with E-state index >= 15 is 0 Å². The summed E-state index contributed by atoms with van der Waals surface area (Å²) < 4.78 is 27.1. The first-order valence-corrected chi connectivity index (χ1v) is 12.3. The lowest BCUT2D eigenvalue weighted by atomic mass is 10.2. The first-order chi connectivity index (χ1) is 15.2. The fourth-order valence-corrected chi connectivity index (χ4v) is 4.95. The van der Waals surface area contributed by atoms with Crippen molar-refractivity contribution in [2.75, 3.05) is 18.7 Å². The average Bonchev–Trinajstić information content (AvgIpc) is 3.13. The van der Waals surface area contributed by atoms with Crippen molar-refractivity contribution in [3.05, 3.63) is 51.0 Å². The summed E-state index contributed by atoms with van der Waals surface area (Å²) in [6, 6.07) is 6.75. The van der Waals surface area contributed by atoms with Crippen molar-refractivity contribution >= 4 is 46.3 Å². The van der Waals surface area contributed by atoms with Crippen LogP contribution in [0.1, 0.15) is 19.4 Å². The van der Waals surface area contributed by atoms with Crippen molar-refractivity contribution in [3.63, 3.8) is 0 Å². The van der Waals surface area contributed by atoms with Gasteiger partial charge in [-0.25, -0.2) is 10.1 Å². The number of Topliss-reactive ketones (excluding diaryl/α,β-unsaturated/α-hetero) is 1. The molecule has 172 valence electrons. The standard InChI is InChI=1S/C19H24BrN6O5P/c1-12(13(2)27)25-32(29,31-9-14-4-3-5-15(20)8-14)11-30-7-6-26-10-22-16-17(26)23-19(21)24-18(16)28/h3-5,8,10,12H,6-7,9,11H2,1-2H3,(H,25,29)(H3,21,23,24,28)/t12-,32?/m1/s1. The molecule has 0 saturated heterocycles. The number of nitrogen functional groups attached to an aromatic ring is 1. The molecule has 1 aromatic carbocycles. The number of aromatic amines is 1. The highest BCUT2D eigenvalue weighted by Crippen LogP contribution is 2.44.